The quantitative estimate of drug-likeness (QED) is 0.402. The smallest absolute Gasteiger partial charge is 0.142 e. The molecule has 1 atom stereocenters. The van der Waals surface area contributed by atoms with Crippen LogP contribution in [-0.2, 0) is 10.8 Å². The fourth-order valence-electron chi connectivity index (χ4n) is 2.11. The third kappa shape index (κ3) is 3.41. The van der Waals surface area contributed by atoms with Gasteiger partial charge in [-0.25, -0.2) is 13.0 Å². The second kappa shape index (κ2) is 6.83. The second-order valence-electron chi connectivity index (χ2n) is 5.07. The summed E-state index contributed by atoms with van der Waals surface area (Å²) in [6, 6.07) is 3.00. The van der Waals surface area contributed by atoms with E-state index in [1.54, 1.807) is 23.3 Å². The lowest BCUT2D eigenvalue weighted by Crippen LogP contribution is -2.33. The topological polar surface area (TPSA) is 58.7 Å². The number of nitrogens with two attached hydrogens (primary N) is 1. The van der Waals surface area contributed by atoms with Crippen LogP contribution < -0.4 is 5.84 Å². The minimum absolute atomic E-state index is 0.0602. The van der Waals surface area contributed by atoms with Crippen molar-refractivity contribution in [3.05, 3.63) is 53.1 Å². The molecule has 0 amide bonds. The van der Waals surface area contributed by atoms with Crippen molar-refractivity contribution in [2.24, 2.45) is 16.9 Å². The first-order valence-electron chi connectivity index (χ1n) is 6.73. The number of nitrogens with zero attached hydrogens (tertiary/aromatic N) is 2. The van der Waals surface area contributed by atoms with Gasteiger partial charge in [-0.3, -0.25) is 0 Å². The number of halogens is 2. The molecule has 1 aromatic rings. The zero-order valence-electron chi connectivity index (χ0n) is 12.3. The van der Waals surface area contributed by atoms with Crippen LogP contribution in [-0.4, -0.2) is 21.5 Å². The van der Waals surface area contributed by atoms with Crippen molar-refractivity contribution in [3.8, 4) is 0 Å². The molecule has 2 rings (SSSR count). The maximum absolute atomic E-state index is 13.8. The lowest BCUT2D eigenvalue weighted by molar-refractivity contribution is 0.560. The van der Waals surface area contributed by atoms with E-state index in [2.05, 4.69) is 5.10 Å². The molecule has 1 heterocycles. The molecule has 1 aliphatic heterocycles. The number of rotatable bonds is 3. The van der Waals surface area contributed by atoms with Crippen molar-refractivity contribution in [3.63, 3.8) is 0 Å². The molecule has 0 fully saturated rings. The normalized spacial score (nSPS) is 16.9. The molecular weight excluding hydrogens is 308 g/mol. The van der Waals surface area contributed by atoms with E-state index in [0.29, 0.717) is 17.3 Å². The fraction of sp³-hybridized carbons (Fsp3) is 0.267. The van der Waals surface area contributed by atoms with Gasteiger partial charge >= 0.3 is 0 Å². The molecule has 4 nitrogen and oxygen atoms in total. The molecule has 0 radical (unpaired) electrons. The average molecular weight is 325 g/mol. The molecule has 2 N–H and O–H groups in total. The SMILES string of the molecule is CC(C)/C(=N/N)N1C=C(S(=O)c2ccc(F)cc2F)C=CC1. The first-order valence-corrected chi connectivity index (χ1v) is 7.88. The van der Waals surface area contributed by atoms with Crippen LogP contribution in [0.4, 0.5) is 8.78 Å². The molecule has 0 saturated carbocycles. The van der Waals surface area contributed by atoms with E-state index in [4.69, 9.17) is 5.84 Å². The van der Waals surface area contributed by atoms with Gasteiger partial charge in [-0.15, -0.1) is 0 Å². The van der Waals surface area contributed by atoms with E-state index in [9.17, 15) is 13.0 Å². The number of hydrazone groups is 1. The zero-order valence-corrected chi connectivity index (χ0v) is 13.1. The molecule has 0 spiro atoms. The van der Waals surface area contributed by atoms with Gasteiger partial charge < -0.3 is 10.7 Å². The molecule has 0 aliphatic carbocycles. The van der Waals surface area contributed by atoms with Crippen molar-refractivity contribution in [1.29, 1.82) is 0 Å². The maximum Gasteiger partial charge on any atom is 0.142 e. The summed E-state index contributed by atoms with van der Waals surface area (Å²) in [5.74, 6) is 4.58. The van der Waals surface area contributed by atoms with Crippen LogP contribution >= 0.6 is 0 Å². The highest BCUT2D eigenvalue weighted by molar-refractivity contribution is 7.89. The monoisotopic (exact) mass is 325 g/mol. The number of hydrogen-bond donors (Lipinski definition) is 1. The third-order valence-electron chi connectivity index (χ3n) is 3.12. The van der Waals surface area contributed by atoms with Gasteiger partial charge in [-0.05, 0) is 18.2 Å². The highest BCUT2D eigenvalue weighted by atomic mass is 32.2. The summed E-state index contributed by atoms with van der Waals surface area (Å²) >= 11 is 0. The molecule has 0 aromatic heterocycles. The Morgan fingerprint density at radius 2 is 2.14 bits per heavy atom. The number of hydrogen-bond acceptors (Lipinski definition) is 3. The van der Waals surface area contributed by atoms with Crippen LogP contribution in [0.15, 0.2) is 51.5 Å². The van der Waals surface area contributed by atoms with Crippen molar-refractivity contribution in [2.75, 3.05) is 6.54 Å². The molecule has 22 heavy (non-hydrogen) atoms. The molecule has 0 saturated heterocycles. The molecule has 118 valence electrons. The Morgan fingerprint density at radius 3 is 2.73 bits per heavy atom. The number of allylic oxidation sites excluding steroid dienone is 1. The van der Waals surface area contributed by atoms with Crippen LogP contribution in [0.1, 0.15) is 13.8 Å². The Balaban J connectivity index is 2.33. The van der Waals surface area contributed by atoms with Gasteiger partial charge in [0.05, 0.1) is 20.6 Å². The summed E-state index contributed by atoms with van der Waals surface area (Å²) in [4.78, 5) is 2.10. The summed E-state index contributed by atoms with van der Waals surface area (Å²) in [6.07, 6.45) is 5.08. The summed E-state index contributed by atoms with van der Waals surface area (Å²) in [5, 5.41) is 3.75. The van der Waals surface area contributed by atoms with Gasteiger partial charge in [0.15, 0.2) is 0 Å². The zero-order chi connectivity index (χ0) is 16.3. The van der Waals surface area contributed by atoms with Crippen LogP contribution in [0.5, 0.6) is 0 Å². The van der Waals surface area contributed by atoms with Crippen molar-refractivity contribution in [2.45, 2.75) is 18.7 Å². The molecular formula is C15H17F2N3OS. The Bertz CT molecular complexity index is 683. The number of amidine groups is 1. The van der Waals surface area contributed by atoms with Crippen molar-refractivity contribution < 1.29 is 13.0 Å². The maximum atomic E-state index is 13.8. The van der Waals surface area contributed by atoms with E-state index in [1.807, 2.05) is 13.8 Å². The second-order valence-corrected chi connectivity index (χ2v) is 6.52. The summed E-state index contributed by atoms with van der Waals surface area (Å²) < 4.78 is 39.2. The first kappa shape index (κ1) is 16.4. The third-order valence-corrected chi connectivity index (χ3v) is 4.52. The lowest BCUT2D eigenvalue weighted by Gasteiger charge is -2.26. The van der Waals surface area contributed by atoms with Crippen LogP contribution in [0.25, 0.3) is 0 Å². The van der Waals surface area contributed by atoms with Gasteiger partial charge in [-0.1, -0.05) is 19.9 Å². The minimum atomic E-state index is -1.75. The Kier molecular flexibility index (Phi) is 5.07. The molecule has 7 heteroatoms. The standard InChI is InChI=1S/C15H17F2N3OS/c1-10(2)15(19-18)20-7-3-4-12(9-20)22(21)14-6-5-11(16)8-13(14)17/h3-6,8-10H,7,18H2,1-2H3/b19-15-. The average Bonchev–Trinajstić information content (AvgIpc) is 2.47. The predicted octanol–water partition coefficient (Wildman–Crippen LogP) is 2.71. The van der Waals surface area contributed by atoms with E-state index in [0.717, 1.165) is 12.1 Å². The Hall–Kier alpha value is -2.02. The fourth-order valence-corrected chi connectivity index (χ4v) is 3.23. The van der Waals surface area contributed by atoms with Crippen LogP contribution in [0.3, 0.4) is 0 Å². The largest absolute Gasteiger partial charge is 0.330 e. The van der Waals surface area contributed by atoms with E-state index >= 15 is 0 Å². The first-order chi connectivity index (χ1) is 10.4. The van der Waals surface area contributed by atoms with Gasteiger partial charge in [0.1, 0.15) is 17.5 Å². The predicted molar refractivity (Wildman–Crippen MR) is 83.2 cm³/mol. The molecule has 1 unspecified atom stereocenters. The molecule has 1 aliphatic rings. The van der Waals surface area contributed by atoms with Gasteiger partial charge in [0, 0.05) is 24.7 Å². The van der Waals surface area contributed by atoms with Gasteiger partial charge in [0.25, 0.3) is 0 Å². The summed E-state index contributed by atoms with van der Waals surface area (Å²) in [5.41, 5.74) is 0. The Labute approximate surface area is 130 Å². The summed E-state index contributed by atoms with van der Waals surface area (Å²) in [6.45, 7) is 4.42. The van der Waals surface area contributed by atoms with Crippen molar-refractivity contribution in [1.82, 2.24) is 4.90 Å². The minimum Gasteiger partial charge on any atom is -0.330 e. The molecule has 1 aromatic carbocycles. The number of benzene rings is 1. The van der Waals surface area contributed by atoms with E-state index < -0.39 is 22.4 Å². The molecule has 0 bridgehead atoms. The van der Waals surface area contributed by atoms with Gasteiger partial charge in [-0.2, -0.15) is 5.10 Å². The van der Waals surface area contributed by atoms with Crippen LogP contribution in [0.2, 0.25) is 0 Å². The highest BCUT2D eigenvalue weighted by Gasteiger charge is 2.20. The van der Waals surface area contributed by atoms with E-state index in [1.165, 1.54) is 6.07 Å². The van der Waals surface area contributed by atoms with Crippen LogP contribution in [0, 0.1) is 17.6 Å². The van der Waals surface area contributed by atoms with E-state index in [-0.39, 0.29) is 10.8 Å². The Morgan fingerprint density at radius 1 is 1.41 bits per heavy atom. The van der Waals surface area contributed by atoms with Crippen molar-refractivity contribution >= 4 is 16.6 Å². The summed E-state index contributed by atoms with van der Waals surface area (Å²) in [7, 11) is -1.75. The lowest BCUT2D eigenvalue weighted by atomic mass is 10.1. The van der Waals surface area contributed by atoms with Gasteiger partial charge in [0.2, 0.25) is 0 Å². The highest BCUT2D eigenvalue weighted by Crippen LogP contribution is 2.23.